The highest BCUT2D eigenvalue weighted by Crippen LogP contribution is 2.57. The largest absolute Gasteiger partial charge is 0.478 e. The van der Waals surface area contributed by atoms with E-state index < -0.39 is 28.9 Å². The van der Waals surface area contributed by atoms with E-state index in [4.69, 9.17) is 18.3 Å². The van der Waals surface area contributed by atoms with Crippen LogP contribution in [0.1, 0.15) is 33.8 Å². The SMILES string of the molecule is FC(F)(F)C(c1ccc2c(c1)CN(Cc1ccco1)CO2)(c1ccc2c(c1)CN(Cc1ccco1)CO2)C(F)(F)F. The van der Waals surface area contributed by atoms with Gasteiger partial charge in [0.05, 0.1) is 25.6 Å². The molecule has 0 N–H and O–H groups in total. The summed E-state index contributed by atoms with van der Waals surface area (Å²) in [7, 11) is 0. The first-order valence-corrected chi connectivity index (χ1v) is 12.7. The summed E-state index contributed by atoms with van der Waals surface area (Å²) in [6, 6.07) is 12.8. The fourth-order valence-electron chi connectivity index (χ4n) is 5.48. The Morgan fingerprint density at radius 2 is 1.05 bits per heavy atom. The van der Waals surface area contributed by atoms with Crippen LogP contribution in [0.5, 0.6) is 11.5 Å². The van der Waals surface area contributed by atoms with Crippen LogP contribution >= 0.6 is 0 Å². The standard InChI is InChI=1S/C29H24F6N2O4/c30-28(31,32)27(29(33,34)35,21-5-7-25-19(11-21)13-36(17-40-25)15-23-3-1-9-38-23)22-6-8-26-20(12-22)14-37(18-41-26)16-24-4-2-10-39-24/h1-12H,13-18H2. The number of hydrogen-bond donors (Lipinski definition) is 0. The number of ether oxygens (including phenoxy) is 2. The van der Waals surface area contributed by atoms with Crippen LogP contribution in [0.2, 0.25) is 0 Å². The van der Waals surface area contributed by atoms with Crippen molar-refractivity contribution in [2.24, 2.45) is 0 Å². The summed E-state index contributed by atoms with van der Waals surface area (Å²) in [6.45, 7) is 0.927. The van der Waals surface area contributed by atoms with E-state index >= 15 is 0 Å². The molecule has 4 aromatic rings. The number of hydrogen-bond acceptors (Lipinski definition) is 6. The summed E-state index contributed by atoms with van der Waals surface area (Å²) in [6.07, 6.45) is -8.49. The van der Waals surface area contributed by atoms with Gasteiger partial charge in [0.25, 0.3) is 0 Å². The van der Waals surface area contributed by atoms with Gasteiger partial charge in [-0.3, -0.25) is 9.80 Å². The quantitative estimate of drug-likeness (QED) is 0.230. The van der Waals surface area contributed by atoms with E-state index in [1.165, 1.54) is 24.7 Å². The molecule has 0 saturated heterocycles. The van der Waals surface area contributed by atoms with Crippen molar-refractivity contribution >= 4 is 0 Å². The molecule has 0 aliphatic carbocycles. The van der Waals surface area contributed by atoms with Gasteiger partial charge in [-0.15, -0.1) is 0 Å². The molecule has 6 rings (SSSR count). The number of fused-ring (bicyclic) bond motifs is 2. The van der Waals surface area contributed by atoms with Crippen molar-refractivity contribution in [3.8, 4) is 11.5 Å². The normalized spacial score (nSPS) is 16.5. The highest BCUT2D eigenvalue weighted by molar-refractivity contribution is 5.52. The van der Waals surface area contributed by atoms with Crippen molar-refractivity contribution in [1.82, 2.24) is 9.80 Å². The average molecular weight is 579 g/mol. The summed E-state index contributed by atoms with van der Waals surface area (Å²) in [5.74, 6) is 1.64. The molecule has 0 unspecified atom stereocenters. The van der Waals surface area contributed by atoms with E-state index in [1.807, 2.05) is 0 Å². The second-order valence-electron chi connectivity index (χ2n) is 10.1. The molecule has 41 heavy (non-hydrogen) atoms. The first-order valence-electron chi connectivity index (χ1n) is 12.7. The number of furan rings is 2. The van der Waals surface area contributed by atoms with Gasteiger partial charge in [0.2, 0.25) is 5.41 Å². The van der Waals surface area contributed by atoms with Gasteiger partial charge in [-0.1, -0.05) is 12.1 Å². The van der Waals surface area contributed by atoms with Gasteiger partial charge < -0.3 is 18.3 Å². The molecule has 2 aromatic heterocycles. The van der Waals surface area contributed by atoms with Gasteiger partial charge in [0.1, 0.15) is 36.5 Å². The van der Waals surface area contributed by atoms with E-state index in [1.54, 1.807) is 34.1 Å². The zero-order valence-electron chi connectivity index (χ0n) is 21.5. The third-order valence-corrected chi connectivity index (χ3v) is 7.35. The Hall–Kier alpha value is -3.90. The Bertz CT molecular complexity index is 1380. The minimum Gasteiger partial charge on any atom is -0.478 e. The van der Waals surface area contributed by atoms with Crippen LogP contribution in [-0.2, 0) is 31.6 Å². The predicted octanol–water partition coefficient (Wildman–Crippen LogP) is 6.99. The van der Waals surface area contributed by atoms with Crippen LogP contribution in [-0.4, -0.2) is 35.6 Å². The molecule has 0 fully saturated rings. The molecule has 0 spiro atoms. The number of alkyl halides is 6. The lowest BCUT2D eigenvalue weighted by atomic mass is 9.72. The first-order chi connectivity index (χ1) is 19.5. The molecule has 4 heterocycles. The summed E-state index contributed by atoms with van der Waals surface area (Å²) in [5.41, 5.74) is -5.75. The summed E-state index contributed by atoms with van der Waals surface area (Å²) < 4.78 is 112. The van der Waals surface area contributed by atoms with Gasteiger partial charge in [-0.05, 0) is 59.7 Å². The Kier molecular flexibility index (Phi) is 6.77. The third-order valence-electron chi connectivity index (χ3n) is 7.35. The first kappa shape index (κ1) is 27.3. The maximum Gasteiger partial charge on any atom is 0.411 e. The molecule has 12 heteroatoms. The van der Waals surface area contributed by atoms with Crippen LogP contribution in [0.3, 0.4) is 0 Å². The second-order valence-corrected chi connectivity index (χ2v) is 10.1. The van der Waals surface area contributed by atoms with E-state index in [0.29, 0.717) is 11.5 Å². The molecule has 0 amide bonds. The predicted molar refractivity (Wildman–Crippen MR) is 133 cm³/mol. The monoisotopic (exact) mass is 578 g/mol. The van der Waals surface area contributed by atoms with Gasteiger partial charge >= 0.3 is 12.4 Å². The Balaban J connectivity index is 1.40. The molecule has 0 atom stereocenters. The van der Waals surface area contributed by atoms with E-state index in [-0.39, 0.29) is 62.3 Å². The molecule has 2 aromatic carbocycles. The zero-order chi connectivity index (χ0) is 28.8. The highest BCUT2D eigenvalue weighted by atomic mass is 19.4. The summed E-state index contributed by atoms with van der Waals surface area (Å²) in [4.78, 5) is 3.44. The molecule has 0 radical (unpaired) electrons. The van der Waals surface area contributed by atoms with Crippen LogP contribution in [0.25, 0.3) is 0 Å². The number of benzene rings is 2. The van der Waals surface area contributed by atoms with Crippen molar-refractivity contribution in [3.05, 3.63) is 107 Å². The topological polar surface area (TPSA) is 51.2 Å². The molecule has 6 nitrogen and oxygen atoms in total. The van der Waals surface area contributed by atoms with Crippen molar-refractivity contribution in [1.29, 1.82) is 0 Å². The number of halogens is 6. The Morgan fingerprint density at radius 1 is 0.610 bits per heavy atom. The van der Waals surface area contributed by atoms with Crippen molar-refractivity contribution in [2.75, 3.05) is 13.5 Å². The number of rotatable bonds is 6. The van der Waals surface area contributed by atoms with Crippen molar-refractivity contribution in [2.45, 2.75) is 43.9 Å². The lowest BCUT2D eigenvalue weighted by molar-refractivity contribution is -0.288. The minimum atomic E-state index is -5.72. The third kappa shape index (κ3) is 4.95. The lowest BCUT2D eigenvalue weighted by Gasteiger charge is -2.40. The van der Waals surface area contributed by atoms with Crippen LogP contribution in [0.15, 0.2) is 82.0 Å². The summed E-state index contributed by atoms with van der Waals surface area (Å²) >= 11 is 0. The maximum absolute atomic E-state index is 14.9. The van der Waals surface area contributed by atoms with Crippen LogP contribution < -0.4 is 9.47 Å². The highest BCUT2D eigenvalue weighted by Gasteiger charge is 2.72. The summed E-state index contributed by atoms with van der Waals surface area (Å²) in [5, 5.41) is 0. The molecule has 0 saturated carbocycles. The molecular formula is C29H24F6N2O4. The number of nitrogens with zero attached hydrogens (tertiary/aromatic N) is 2. The van der Waals surface area contributed by atoms with E-state index in [2.05, 4.69) is 0 Å². The fraction of sp³-hybridized carbons (Fsp3) is 0.310. The Labute approximate surface area is 230 Å². The van der Waals surface area contributed by atoms with Gasteiger partial charge in [-0.2, -0.15) is 26.3 Å². The molecule has 2 aliphatic heterocycles. The van der Waals surface area contributed by atoms with Gasteiger partial charge in [0.15, 0.2) is 0 Å². The van der Waals surface area contributed by atoms with Crippen molar-refractivity contribution < 1.29 is 44.7 Å². The minimum absolute atomic E-state index is 0.0788. The van der Waals surface area contributed by atoms with E-state index in [9.17, 15) is 26.3 Å². The Morgan fingerprint density at radius 3 is 1.41 bits per heavy atom. The van der Waals surface area contributed by atoms with E-state index in [0.717, 1.165) is 24.3 Å². The molecule has 216 valence electrons. The molecule has 2 aliphatic rings. The average Bonchev–Trinajstić information content (AvgIpc) is 3.62. The smallest absolute Gasteiger partial charge is 0.411 e. The van der Waals surface area contributed by atoms with Crippen molar-refractivity contribution in [3.63, 3.8) is 0 Å². The maximum atomic E-state index is 14.9. The molecule has 0 bridgehead atoms. The van der Waals surface area contributed by atoms with Crippen LogP contribution in [0, 0.1) is 0 Å². The second kappa shape index (κ2) is 10.2. The van der Waals surface area contributed by atoms with Crippen LogP contribution in [0.4, 0.5) is 26.3 Å². The van der Waals surface area contributed by atoms with Gasteiger partial charge in [-0.25, -0.2) is 0 Å². The fourth-order valence-corrected chi connectivity index (χ4v) is 5.48. The van der Waals surface area contributed by atoms with Gasteiger partial charge in [0, 0.05) is 24.2 Å². The molecular weight excluding hydrogens is 554 g/mol. The zero-order valence-corrected chi connectivity index (χ0v) is 21.5. The lowest BCUT2D eigenvalue weighted by Crippen LogP contribution is -2.55.